The largest absolute Gasteiger partial charge is 0.478 e. The number of anilines is 1. The van der Waals surface area contributed by atoms with Crippen LogP contribution in [0.25, 0.3) is 0 Å². The normalized spacial score (nSPS) is 10.2. The molecule has 0 atom stereocenters. The van der Waals surface area contributed by atoms with Gasteiger partial charge in [0, 0.05) is 8.95 Å². The minimum atomic E-state index is -1.04. The lowest BCUT2D eigenvalue weighted by Crippen LogP contribution is -2.12. The Bertz CT molecular complexity index is 654. The summed E-state index contributed by atoms with van der Waals surface area (Å²) in [6.07, 6.45) is 0. The minimum Gasteiger partial charge on any atom is -0.478 e. The first-order valence-electron chi connectivity index (χ1n) is 5.06. The highest BCUT2D eigenvalue weighted by molar-refractivity contribution is 9.11. The second kappa shape index (κ2) is 5.85. The molecule has 0 saturated heterocycles. The summed E-state index contributed by atoms with van der Waals surface area (Å²) in [5.74, 6) is -1.33. The summed E-state index contributed by atoms with van der Waals surface area (Å²) in [6, 6.07) is 6.24. The molecule has 19 heavy (non-hydrogen) atoms. The molecule has 1 amide bonds. The Labute approximate surface area is 129 Å². The van der Waals surface area contributed by atoms with Gasteiger partial charge in [-0.1, -0.05) is 0 Å². The molecule has 2 N–H and O–H groups in total. The van der Waals surface area contributed by atoms with Gasteiger partial charge in [-0.25, -0.2) is 4.79 Å². The number of halogens is 2. The van der Waals surface area contributed by atoms with Crippen molar-refractivity contribution >= 4 is 60.8 Å². The van der Waals surface area contributed by atoms with Crippen molar-refractivity contribution in [3.8, 4) is 0 Å². The highest BCUT2D eigenvalue weighted by atomic mass is 79.9. The number of carboxylic acid groups (broad SMARTS) is 1. The molecule has 7 heteroatoms. The standard InChI is InChI=1S/C12H7Br2NO3S/c13-7-2-1-6(12(17)18)5-9(7)15-11(16)10-8(14)3-4-19-10/h1-5H,(H,15,16)(H,17,18). The first kappa shape index (κ1) is 14.2. The molecule has 0 aliphatic rings. The van der Waals surface area contributed by atoms with E-state index in [0.29, 0.717) is 19.5 Å². The van der Waals surface area contributed by atoms with Gasteiger partial charge in [0.1, 0.15) is 4.88 Å². The number of carbonyl (C=O) groups excluding carboxylic acids is 1. The van der Waals surface area contributed by atoms with Gasteiger partial charge in [-0.2, -0.15) is 0 Å². The summed E-state index contributed by atoms with van der Waals surface area (Å²) in [7, 11) is 0. The molecule has 0 fully saturated rings. The van der Waals surface area contributed by atoms with Crippen LogP contribution >= 0.6 is 43.2 Å². The molecule has 2 aromatic rings. The van der Waals surface area contributed by atoms with Crippen LogP contribution in [0.5, 0.6) is 0 Å². The average Bonchev–Trinajstić information content (AvgIpc) is 2.78. The predicted octanol–water partition coefficient (Wildman–Crippen LogP) is 4.22. The first-order chi connectivity index (χ1) is 8.99. The SMILES string of the molecule is O=C(O)c1ccc(Br)c(NC(=O)c2sccc2Br)c1. The molecule has 4 nitrogen and oxygen atoms in total. The van der Waals surface area contributed by atoms with Crippen molar-refractivity contribution in [3.63, 3.8) is 0 Å². The average molecular weight is 405 g/mol. The summed E-state index contributed by atoms with van der Waals surface area (Å²) in [4.78, 5) is 23.5. The summed E-state index contributed by atoms with van der Waals surface area (Å²) < 4.78 is 1.33. The molecule has 0 aliphatic carbocycles. The topological polar surface area (TPSA) is 66.4 Å². The highest BCUT2D eigenvalue weighted by Crippen LogP contribution is 2.27. The smallest absolute Gasteiger partial charge is 0.335 e. The second-order valence-corrected chi connectivity index (χ2v) is 6.18. The van der Waals surface area contributed by atoms with Crippen LogP contribution in [0.1, 0.15) is 20.0 Å². The third-order valence-electron chi connectivity index (χ3n) is 2.28. The Morgan fingerprint density at radius 3 is 2.47 bits per heavy atom. The van der Waals surface area contributed by atoms with Crippen molar-refractivity contribution in [1.29, 1.82) is 0 Å². The molecule has 0 bridgehead atoms. The molecule has 0 radical (unpaired) electrons. The Morgan fingerprint density at radius 1 is 1.16 bits per heavy atom. The Kier molecular flexibility index (Phi) is 4.38. The van der Waals surface area contributed by atoms with Gasteiger partial charge in [-0.3, -0.25) is 4.79 Å². The molecule has 98 valence electrons. The lowest BCUT2D eigenvalue weighted by atomic mass is 10.2. The number of thiophene rings is 1. The van der Waals surface area contributed by atoms with E-state index in [2.05, 4.69) is 37.2 Å². The zero-order chi connectivity index (χ0) is 14.0. The Hall–Kier alpha value is -1.18. The highest BCUT2D eigenvalue weighted by Gasteiger charge is 2.14. The molecule has 0 spiro atoms. The molecule has 0 unspecified atom stereocenters. The van der Waals surface area contributed by atoms with Gasteiger partial charge in [-0.15, -0.1) is 11.3 Å². The summed E-state index contributed by atoms with van der Waals surface area (Å²) >= 11 is 7.86. The van der Waals surface area contributed by atoms with Crippen LogP contribution < -0.4 is 5.32 Å². The van der Waals surface area contributed by atoms with Gasteiger partial charge >= 0.3 is 5.97 Å². The van der Waals surface area contributed by atoms with Crippen LogP contribution in [-0.2, 0) is 0 Å². The van der Waals surface area contributed by atoms with E-state index in [4.69, 9.17) is 5.11 Å². The Morgan fingerprint density at radius 2 is 1.89 bits per heavy atom. The maximum atomic E-state index is 12.0. The zero-order valence-corrected chi connectivity index (χ0v) is 13.3. The maximum absolute atomic E-state index is 12.0. The molecule has 1 aromatic carbocycles. The van der Waals surface area contributed by atoms with Crippen LogP contribution in [0.2, 0.25) is 0 Å². The molecular formula is C12H7Br2NO3S. The van der Waals surface area contributed by atoms with E-state index in [1.165, 1.54) is 23.5 Å². The van der Waals surface area contributed by atoms with E-state index in [9.17, 15) is 9.59 Å². The van der Waals surface area contributed by atoms with Gasteiger partial charge < -0.3 is 10.4 Å². The number of amides is 1. The molecule has 1 aromatic heterocycles. The van der Waals surface area contributed by atoms with Crippen LogP contribution in [0.4, 0.5) is 5.69 Å². The number of hydrogen-bond acceptors (Lipinski definition) is 3. The van der Waals surface area contributed by atoms with E-state index in [1.807, 2.05) is 0 Å². The monoisotopic (exact) mass is 403 g/mol. The van der Waals surface area contributed by atoms with Crippen molar-refractivity contribution in [3.05, 3.63) is 49.0 Å². The predicted molar refractivity (Wildman–Crippen MR) is 81.1 cm³/mol. The van der Waals surface area contributed by atoms with Crippen molar-refractivity contribution < 1.29 is 14.7 Å². The van der Waals surface area contributed by atoms with Crippen LogP contribution in [0, 0.1) is 0 Å². The quantitative estimate of drug-likeness (QED) is 0.804. The number of carbonyl (C=O) groups is 2. The number of carboxylic acids is 1. The van der Waals surface area contributed by atoms with Crippen LogP contribution in [0.15, 0.2) is 38.6 Å². The molecule has 2 rings (SSSR count). The maximum Gasteiger partial charge on any atom is 0.335 e. The van der Waals surface area contributed by atoms with Gasteiger partial charge in [0.2, 0.25) is 0 Å². The summed E-state index contributed by atoms with van der Waals surface area (Å²) in [5.41, 5.74) is 0.536. The third-order valence-corrected chi connectivity index (χ3v) is 4.81. The zero-order valence-electron chi connectivity index (χ0n) is 9.31. The van der Waals surface area contributed by atoms with Gasteiger partial charge in [0.05, 0.1) is 11.3 Å². The molecule has 1 heterocycles. The number of benzene rings is 1. The summed E-state index contributed by atoms with van der Waals surface area (Å²) in [6.45, 7) is 0. The van der Waals surface area contributed by atoms with Crippen molar-refractivity contribution in [2.75, 3.05) is 5.32 Å². The number of hydrogen-bond donors (Lipinski definition) is 2. The third kappa shape index (κ3) is 3.23. The fourth-order valence-electron chi connectivity index (χ4n) is 1.39. The lowest BCUT2D eigenvalue weighted by molar-refractivity contribution is 0.0696. The first-order valence-corrected chi connectivity index (χ1v) is 7.53. The summed E-state index contributed by atoms with van der Waals surface area (Å²) in [5, 5.41) is 13.4. The molecule has 0 saturated carbocycles. The van der Waals surface area contributed by atoms with Crippen molar-refractivity contribution in [2.45, 2.75) is 0 Å². The van der Waals surface area contributed by atoms with E-state index >= 15 is 0 Å². The van der Waals surface area contributed by atoms with Crippen LogP contribution in [0.3, 0.4) is 0 Å². The second-order valence-electron chi connectivity index (χ2n) is 3.55. The lowest BCUT2D eigenvalue weighted by Gasteiger charge is -2.07. The fourth-order valence-corrected chi connectivity index (χ4v) is 3.18. The fraction of sp³-hybridized carbons (Fsp3) is 0. The Balaban J connectivity index is 2.28. The minimum absolute atomic E-state index is 0.115. The van der Waals surface area contributed by atoms with Gasteiger partial charge in [0.25, 0.3) is 5.91 Å². The van der Waals surface area contributed by atoms with Gasteiger partial charge in [0.15, 0.2) is 0 Å². The van der Waals surface area contributed by atoms with E-state index in [1.54, 1.807) is 17.5 Å². The van der Waals surface area contributed by atoms with Crippen molar-refractivity contribution in [1.82, 2.24) is 0 Å². The number of aromatic carboxylic acids is 1. The van der Waals surface area contributed by atoms with E-state index < -0.39 is 5.97 Å². The van der Waals surface area contributed by atoms with Crippen molar-refractivity contribution in [2.24, 2.45) is 0 Å². The molecule has 0 aliphatic heterocycles. The van der Waals surface area contributed by atoms with Crippen LogP contribution in [-0.4, -0.2) is 17.0 Å². The van der Waals surface area contributed by atoms with E-state index in [0.717, 1.165) is 0 Å². The van der Waals surface area contributed by atoms with Gasteiger partial charge in [-0.05, 0) is 61.5 Å². The number of rotatable bonds is 3. The molecular weight excluding hydrogens is 398 g/mol. The number of nitrogens with one attached hydrogen (secondary N) is 1. The van der Waals surface area contributed by atoms with E-state index in [-0.39, 0.29) is 11.5 Å².